The van der Waals surface area contributed by atoms with E-state index >= 15 is 8.78 Å². The lowest BCUT2D eigenvalue weighted by Crippen LogP contribution is -2.31. The van der Waals surface area contributed by atoms with Crippen LogP contribution in [0.4, 0.5) is 8.78 Å². The number of hydrogen-bond donors (Lipinski definition) is 1. The first-order valence-electron chi connectivity index (χ1n) is 13.8. The number of pyridine rings is 1. The van der Waals surface area contributed by atoms with Gasteiger partial charge < -0.3 is 23.6 Å². The zero-order valence-electron chi connectivity index (χ0n) is 22.4. The van der Waals surface area contributed by atoms with Crippen LogP contribution in [-0.2, 0) is 24.3 Å². The van der Waals surface area contributed by atoms with Crippen LogP contribution in [-0.4, -0.2) is 43.3 Å². The van der Waals surface area contributed by atoms with Crippen LogP contribution >= 0.6 is 0 Å². The van der Waals surface area contributed by atoms with E-state index in [0.29, 0.717) is 41.8 Å². The average molecular weight is 573 g/mol. The molecule has 2 aromatic carbocycles. The Morgan fingerprint density at radius 1 is 1.07 bits per heavy atom. The second-order valence-corrected chi connectivity index (χ2v) is 10.6. The lowest BCUT2D eigenvalue weighted by molar-refractivity contribution is -0.0589. The standard InChI is InChI=1S/C31H26F2N4O5/c32-22-13-21(24-2-1-3-29(36-24)41-16-30-34-14-27(42-30)17-4-5-17)23(33)10-19(22)12-28-35-25-7-6-18(31(38)39)11-26(25)37(28)15-20-8-9-40-20/h1-3,6-7,10-11,13-14,17,20H,4-5,8-9,12,15-16H2,(H,38,39)/t20-/m0/s1. The first-order chi connectivity index (χ1) is 20.4. The minimum absolute atomic E-state index is 0.00239. The molecule has 3 aromatic heterocycles. The van der Waals surface area contributed by atoms with Crippen LogP contribution in [0.2, 0.25) is 0 Å². The minimum atomic E-state index is -1.06. The van der Waals surface area contributed by atoms with E-state index in [9.17, 15) is 9.90 Å². The minimum Gasteiger partial charge on any atom is -0.478 e. The normalized spacial score (nSPS) is 16.5. The summed E-state index contributed by atoms with van der Waals surface area (Å²) in [6.45, 7) is 1.15. The Hall–Kier alpha value is -4.64. The van der Waals surface area contributed by atoms with Crippen LogP contribution in [0, 0.1) is 11.6 Å². The zero-order valence-corrected chi connectivity index (χ0v) is 22.4. The summed E-state index contributed by atoms with van der Waals surface area (Å²) < 4.78 is 49.7. The van der Waals surface area contributed by atoms with Crippen LogP contribution in [0.1, 0.15) is 58.6 Å². The predicted octanol–water partition coefficient (Wildman–Crippen LogP) is 5.90. The molecule has 0 spiro atoms. The summed E-state index contributed by atoms with van der Waals surface area (Å²) in [5.74, 6) is 0.124. The van der Waals surface area contributed by atoms with Gasteiger partial charge in [-0.05, 0) is 61.2 Å². The molecule has 0 amide bonds. The average Bonchev–Trinajstić information content (AvgIpc) is 3.60. The molecule has 1 aliphatic carbocycles. The second kappa shape index (κ2) is 10.6. The van der Waals surface area contributed by atoms with E-state index in [4.69, 9.17) is 13.9 Å². The van der Waals surface area contributed by atoms with Crippen molar-refractivity contribution in [2.75, 3.05) is 6.61 Å². The van der Waals surface area contributed by atoms with Gasteiger partial charge >= 0.3 is 5.97 Å². The Labute approximate surface area is 238 Å². The molecule has 9 nitrogen and oxygen atoms in total. The van der Waals surface area contributed by atoms with Crippen molar-refractivity contribution in [2.45, 2.75) is 50.9 Å². The van der Waals surface area contributed by atoms with Crippen molar-refractivity contribution in [3.63, 3.8) is 0 Å². The largest absolute Gasteiger partial charge is 0.478 e. The number of benzene rings is 2. The van der Waals surface area contributed by atoms with Gasteiger partial charge in [0.05, 0.1) is 41.1 Å². The number of ether oxygens (including phenoxy) is 2. The number of carboxylic acid groups (broad SMARTS) is 1. The quantitative estimate of drug-likeness (QED) is 0.220. The third-order valence-corrected chi connectivity index (χ3v) is 7.63. The molecule has 214 valence electrons. The van der Waals surface area contributed by atoms with E-state index in [1.54, 1.807) is 36.5 Å². The lowest BCUT2D eigenvalue weighted by atomic mass is 10.0. The zero-order chi connectivity index (χ0) is 28.8. The van der Waals surface area contributed by atoms with E-state index in [0.717, 1.165) is 37.2 Å². The number of imidazole rings is 1. The Morgan fingerprint density at radius 3 is 2.69 bits per heavy atom. The van der Waals surface area contributed by atoms with E-state index in [-0.39, 0.29) is 47.4 Å². The van der Waals surface area contributed by atoms with Crippen molar-refractivity contribution in [1.82, 2.24) is 19.5 Å². The number of carbonyl (C=O) groups is 1. The van der Waals surface area contributed by atoms with Crippen LogP contribution < -0.4 is 4.74 Å². The van der Waals surface area contributed by atoms with Crippen molar-refractivity contribution in [2.24, 2.45) is 0 Å². The maximum atomic E-state index is 15.5. The monoisotopic (exact) mass is 572 g/mol. The van der Waals surface area contributed by atoms with Crippen LogP contribution in [0.5, 0.6) is 5.88 Å². The number of oxazole rings is 1. The van der Waals surface area contributed by atoms with E-state index in [1.165, 1.54) is 6.07 Å². The molecule has 1 N–H and O–H groups in total. The van der Waals surface area contributed by atoms with Gasteiger partial charge in [0.2, 0.25) is 11.8 Å². The third kappa shape index (κ3) is 5.23. The highest BCUT2D eigenvalue weighted by atomic mass is 19.1. The molecule has 2 fully saturated rings. The van der Waals surface area contributed by atoms with E-state index in [2.05, 4.69) is 15.0 Å². The number of carboxylic acids is 1. The molecule has 1 aliphatic heterocycles. The predicted molar refractivity (Wildman–Crippen MR) is 146 cm³/mol. The molecule has 0 radical (unpaired) electrons. The molecule has 0 unspecified atom stereocenters. The van der Waals surface area contributed by atoms with E-state index in [1.807, 2.05) is 4.57 Å². The summed E-state index contributed by atoms with van der Waals surface area (Å²) in [6, 6.07) is 11.8. The molecular formula is C31H26F2N4O5. The van der Waals surface area contributed by atoms with Gasteiger partial charge in [0, 0.05) is 30.6 Å². The second-order valence-electron chi connectivity index (χ2n) is 10.6. The van der Waals surface area contributed by atoms with Crippen LogP contribution in [0.3, 0.4) is 0 Å². The van der Waals surface area contributed by atoms with Crippen molar-refractivity contribution < 1.29 is 32.6 Å². The molecule has 7 rings (SSSR count). The number of fused-ring (bicyclic) bond motifs is 1. The molecule has 1 saturated heterocycles. The molecule has 11 heteroatoms. The Kier molecular flexibility index (Phi) is 6.66. The summed E-state index contributed by atoms with van der Waals surface area (Å²) in [4.78, 5) is 24.8. The summed E-state index contributed by atoms with van der Waals surface area (Å²) in [6.07, 6.45) is 4.71. The number of aromatic carboxylic acids is 1. The summed E-state index contributed by atoms with van der Waals surface area (Å²) in [5, 5.41) is 9.46. The van der Waals surface area contributed by atoms with E-state index < -0.39 is 17.6 Å². The molecule has 4 heterocycles. The van der Waals surface area contributed by atoms with Crippen LogP contribution in [0.15, 0.2) is 59.1 Å². The topological polar surface area (TPSA) is 113 Å². The fourth-order valence-electron chi connectivity index (χ4n) is 5.10. The number of rotatable bonds is 10. The molecule has 1 saturated carbocycles. The third-order valence-electron chi connectivity index (χ3n) is 7.63. The van der Waals surface area contributed by atoms with Crippen molar-refractivity contribution in [3.8, 4) is 17.1 Å². The number of hydrogen-bond acceptors (Lipinski definition) is 7. The van der Waals surface area contributed by atoms with Gasteiger partial charge in [-0.15, -0.1) is 0 Å². The maximum Gasteiger partial charge on any atom is 0.335 e. The summed E-state index contributed by atoms with van der Waals surface area (Å²) in [7, 11) is 0. The maximum absolute atomic E-state index is 15.5. The highest BCUT2D eigenvalue weighted by molar-refractivity contribution is 5.92. The molecule has 5 aromatic rings. The summed E-state index contributed by atoms with van der Waals surface area (Å²) in [5.41, 5.74) is 1.62. The van der Waals surface area contributed by atoms with Gasteiger partial charge in [-0.1, -0.05) is 6.07 Å². The van der Waals surface area contributed by atoms with Crippen molar-refractivity contribution in [3.05, 3.63) is 95.0 Å². The highest BCUT2D eigenvalue weighted by Crippen LogP contribution is 2.40. The Bertz CT molecular complexity index is 1810. The first kappa shape index (κ1) is 26.3. The van der Waals surface area contributed by atoms with Gasteiger partial charge in [0.1, 0.15) is 23.2 Å². The fourth-order valence-corrected chi connectivity index (χ4v) is 5.10. The molecular weight excluding hydrogens is 546 g/mol. The lowest BCUT2D eigenvalue weighted by Gasteiger charge is -2.27. The van der Waals surface area contributed by atoms with Gasteiger partial charge in [-0.25, -0.2) is 28.5 Å². The summed E-state index contributed by atoms with van der Waals surface area (Å²) >= 11 is 0. The number of nitrogens with zero attached hydrogens (tertiary/aromatic N) is 4. The van der Waals surface area contributed by atoms with Crippen LogP contribution in [0.25, 0.3) is 22.3 Å². The Morgan fingerprint density at radius 2 is 1.93 bits per heavy atom. The van der Waals surface area contributed by atoms with Crippen molar-refractivity contribution >= 4 is 17.0 Å². The molecule has 0 bridgehead atoms. The van der Waals surface area contributed by atoms with Gasteiger partial charge in [-0.2, -0.15) is 0 Å². The number of halogens is 2. The van der Waals surface area contributed by atoms with Gasteiger partial charge in [-0.3, -0.25) is 0 Å². The smallest absolute Gasteiger partial charge is 0.335 e. The van der Waals surface area contributed by atoms with Gasteiger partial charge in [0.25, 0.3) is 0 Å². The SMILES string of the molecule is O=C(O)c1ccc2nc(Cc3cc(F)c(-c4cccc(OCc5ncc(C6CC6)o5)n4)cc3F)n(C[C@@H]3CCO3)c2c1. The fraction of sp³-hybridized carbons (Fsp3) is 0.290. The van der Waals surface area contributed by atoms with Gasteiger partial charge in [0.15, 0.2) is 6.61 Å². The first-order valence-corrected chi connectivity index (χ1v) is 13.8. The number of aromatic nitrogens is 4. The highest BCUT2D eigenvalue weighted by Gasteiger charge is 2.28. The molecule has 1 atom stereocenters. The molecule has 2 aliphatic rings. The van der Waals surface area contributed by atoms with Crippen molar-refractivity contribution in [1.29, 1.82) is 0 Å². The molecule has 42 heavy (non-hydrogen) atoms. The Balaban J connectivity index is 1.14.